The third-order valence-corrected chi connectivity index (χ3v) is 3.07. The van der Waals surface area contributed by atoms with E-state index in [0.29, 0.717) is 18.6 Å². The zero-order valence-corrected chi connectivity index (χ0v) is 10.5. The number of nitrogens with two attached hydrogens (primary N) is 1. The predicted octanol–water partition coefficient (Wildman–Crippen LogP) is 1.85. The second kappa shape index (κ2) is 4.89. The van der Waals surface area contributed by atoms with Gasteiger partial charge in [-0.05, 0) is 25.7 Å². The number of aromatic nitrogens is 2. The summed E-state index contributed by atoms with van der Waals surface area (Å²) >= 11 is 0. The first kappa shape index (κ1) is 12.8. The first-order chi connectivity index (χ1) is 8.54. The lowest BCUT2D eigenvalue weighted by Gasteiger charge is -2.15. The van der Waals surface area contributed by atoms with Gasteiger partial charge in [-0.15, -0.1) is 0 Å². The van der Waals surface area contributed by atoms with Crippen LogP contribution in [0.2, 0.25) is 0 Å². The fraction of sp³-hybridized carbons (Fsp3) is 0.417. The number of nitrogen functional groups attached to an aromatic ring is 1. The number of hydrogen-bond donors (Lipinski definition) is 1. The summed E-state index contributed by atoms with van der Waals surface area (Å²) in [5.41, 5.74) is 6.26. The van der Waals surface area contributed by atoms with E-state index in [1.54, 1.807) is 0 Å². The molecule has 18 heavy (non-hydrogen) atoms. The van der Waals surface area contributed by atoms with E-state index < -0.39 is 11.6 Å². The molecule has 2 aromatic rings. The van der Waals surface area contributed by atoms with Crippen molar-refractivity contribution >= 4 is 17.0 Å². The normalized spacial score (nSPS) is 11.6. The third kappa shape index (κ3) is 2.15. The van der Waals surface area contributed by atoms with Gasteiger partial charge in [0.15, 0.2) is 11.6 Å². The summed E-state index contributed by atoms with van der Waals surface area (Å²) in [6.45, 7) is 4.08. The van der Waals surface area contributed by atoms with Crippen LogP contribution < -0.4 is 5.73 Å². The molecule has 1 aromatic heterocycles. The van der Waals surface area contributed by atoms with Gasteiger partial charge in [-0.25, -0.2) is 13.8 Å². The molecule has 0 unspecified atom stereocenters. The van der Waals surface area contributed by atoms with Crippen LogP contribution in [0.25, 0.3) is 11.0 Å². The summed E-state index contributed by atoms with van der Waals surface area (Å²) in [4.78, 5) is 6.09. The van der Waals surface area contributed by atoms with Crippen molar-refractivity contribution < 1.29 is 8.78 Å². The number of anilines is 1. The smallest absolute Gasteiger partial charge is 0.201 e. The Morgan fingerprint density at radius 3 is 2.78 bits per heavy atom. The number of hydrogen-bond acceptors (Lipinski definition) is 3. The summed E-state index contributed by atoms with van der Waals surface area (Å²) in [5, 5.41) is 0. The quantitative estimate of drug-likeness (QED) is 0.905. The Morgan fingerprint density at radius 1 is 1.39 bits per heavy atom. The third-order valence-electron chi connectivity index (χ3n) is 3.07. The highest BCUT2D eigenvalue weighted by molar-refractivity contribution is 5.79. The number of imidazole rings is 1. The molecule has 0 aliphatic rings. The van der Waals surface area contributed by atoms with E-state index in [2.05, 4.69) is 9.88 Å². The second-order valence-electron chi connectivity index (χ2n) is 4.25. The van der Waals surface area contributed by atoms with Crippen molar-refractivity contribution in [1.29, 1.82) is 0 Å². The van der Waals surface area contributed by atoms with Crippen LogP contribution in [-0.4, -0.2) is 34.6 Å². The lowest BCUT2D eigenvalue weighted by Crippen LogP contribution is -2.23. The molecule has 1 aromatic carbocycles. The van der Waals surface area contributed by atoms with Crippen molar-refractivity contribution in [3.05, 3.63) is 23.8 Å². The zero-order chi connectivity index (χ0) is 13.3. The summed E-state index contributed by atoms with van der Waals surface area (Å²) in [6, 6.07) is 2.50. The topological polar surface area (TPSA) is 47.1 Å². The molecule has 0 saturated heterocycles. The summed E-state index contributed by atoms with van der Waals surface area (Å²) in [5.74, 6) is -1.57. The van der Waals surface area contributed by atoms with Crippen LogP contribution in [0.15, 0.2) is 12.1 Å². The van der Waals surface area contributed by atoms with Crippen LogP contribution in [0.1, 0.15) is 6.92 Å². The number of nitrogens with zero attached hydrogens (tertiary/aromatic N) is 3. The van der Waals surface area contributed by atoms with E-state index in [4.69, 9.17) is 5.73 Å². The largest absolute Gasteiger partial charge is 0.369 e. The van der Waals surface area contributed by atoms with Gasteiger partial charge in [-0.2, -0.15) is 0 Å². The number of halogens is 2. The maximum atomic E-state index is 13.8. The Hall–Kier alpha value is -1.69. The van der Waals surface area contributed by atoms with Gasteiger partial charge in [-0.1, -0.05) is 6.92 Å². The average molecular weight is 254 g/mol. The molecule has 2 rings (SSSR count). The number of fused-ring (bicyclic) bond motifs is 1. The van der Waals surface area contributed by atoms with Crippen LogP contribution in [-0.2, 0) is 6.54 Å². The van der Waals surface area contributed by atoms with E-state index >= 15 is 0 Å². The van der Waals surface area contributed by atoms with Gasteiger partial charge in [-0.3, -0.25) is 0 Å². The fourth-order valence-corrected chi connectivity index (χ4v) is 1.83. The number of likely N-dealkylation sites (N-methyl/N-ethyl adjacent to an activating group) is 1. The Kier molecular flexibility index (Phi) is 3.47. The second-order valence-corrected chi connectivity index (χ2v) is 4.25. The molecule has 98 valence electrons. The van der Waals surface area contributed by atoms with E-state index in [-0.39, 0.29) is 11.5 Å². The predicted molar refractivity (Wildman–Crippen MR) is 67.2 cm³/mol. The minimum atomic E-state index is -0.893. The summed E-state index contributed by atoms with van der Waals surface area (Å²) in [7, 11) is 1.95. The highest BCUT2D eigenvalue weighted by Gasteiger charge is 2.15. The van der Waals surface area contributed by atoms with E-state index in [1.807, 2.05) is 14.0 Å². The molecule has 0 saturated carbocycles. The molecular formula is C12H16F2N4. The SMILES string of the molecule is CCN(C)CCn1c(N)nc2ccc(F)c(F)c21. The van der Waals surface area contributed by atoms with Crippen LogP contribution in [0.5, 0.6) is 0 Å². The number of rotatable bonds is 4. The van der Waals surface area contributed by atoms with Crippen LogP contribution >= 0.6 is 0 Å². The van der Waals surface area contributed by atoms with Crippen molar-refractivity contribution in [2.24, 2.45) is 0 Å². The van der Waals surface area contributed by atoms with Crippen LogP contribution in [0.3, 0.4) is 0 Å². The molecule has 0 aliphatic carbocycles. The molecule has 4 nitrogen and oxygen atoms in total. The minimum Gasteiger partial charge on any atom is -0.369 e. The van der Waals surface area contributed by atoms with Crippen molar-refractivity contribution in [2.45, 2.75) is 13.5 Å². The standard InChI is InChI=1S/C12H16F2N4/c1-3-17(2)6-7-18-11-9(16-12(18)15)5-4-8(13)10(11)14/h4-5H,3,6-7H2,1-2H3,(H2,15,16). The molecule has 0 radical (unpaired) electrons. The van der Waals surface area contributed by atoms with Gasteiger partial charge in [0.05, 0.1) is 5.52 Å². The molecule has 1 heterocycles. The van der Waals surface area contributed by atoms with Gasteiger partial charge in [0.1, 0.15) is 5.52 Å². The lowest BCUT2D eigenvalue weighted by atomic mass is 10.3. The molecule has 0 amide bonds. The summed E-state index contributed by atoms with van der Waals surface area (Å²) in [6.07, 6.45) is 0. The number of benzene rings is 1. The van der Waals surface area contributed by atoms with Crippen molar-refractivity contribution in [2.75, 3.05) is 25.9 Å². The average Bonchev–Trinajstić information content (AvgIpc) is 2.68. The molecule has 6 heteroatoms. The molecule has 0 fully saturated rings. The maximum Gasteiger partial charge on any atom is 0.201 e. The molecule has 0 spiro atoms. The Labute approximate surface area is 104 Å². The minimum absolute atomic E-state index is 0.136. The van der Waals surface area contributed by atoms with Gasteiger partial charge < -0.3 is 15.2 Å². The Balaban J connectivity index is 2.42. The maximum absolute atomic E-state index is 13.8. The molecule has 2 N–H and O–H groups in total. The van der Waals surface area contributed by atoms with Crippen molar-refractivity contribution in [3.63, 3.8) is 0 Å². The Morgan fingerprint density at radius 2 is 2.11 bits per heavy atom. The Bertz CT molecular complexity index is 565. The summed E-state index contributed by atoms with van der Waals surface area (Å²) < 4.78 is 28.5. The molecule has 0 aliphatic heterocycles. The molecule has 0 bridgehead atoms. The first-order valence-electron chi connectivity index (χ1n) is 5.82. The van der Waals surface area contributed by atoms with Gasteiger partial charge in [0.25, 0.3) is 0 Å². The van der Waals surface area contributed by atoms with E-state index in [0.717, 1.165) is 12.6 Å². The highest BCUT2D eigenvalue weighted by Crippen LogP contribution is 2.22. The lowest BCUT2D eigenvalue weighted by molar-refractivity contribution is 0.337. The molecule has 0 atom stereocenters. The van der Waals surface area contributed by atoms with Crippen LogP contribution in [0.4, 0.5) is 14.7 Å². The van der Waals surface area contributed by atoms with Crippen molar-refractivity contribution in [3.8, 4) is 0 Å². The highest BCUT2D eigenvalue weighted by atomic mass is 19.2. The fourth-order valence-electron chi connectivity index (χ4n) is 1.83. The molecular weight excluding hydrogens is 238 g/mol. The van der Waals surface area contributed by atoms with E-state index in [1.165, 1.54) is 10.6 Å². The van der Waals surface area contributed by atoms with Gasteiger partial charge in [0, 0.05) is 13.1 Å². The van der Waals surface area contributed by atoms with Crippen LogP contribution in [0, 0.1) is 11.6 Å². The zero-order valence-electron chi connectivity index (χ0n) is 10.5. The monoisotopic (exact) mass is 254 g/mol. The van der Waals surface area contributed by atoms with Gasteiger partial charge in [0.2, 0.25) is 5.95 Å². The van der Waals surface area contributed by atoms with Gasteiger partial charge >= 0.3 is 0 Å². The van der Waals surface area contributed by atoms with E-state index in [9.17, 15) is 8.78 Å². The first-order valence-corrected chi connectivity index (χ1v) is 5.82. The van der Waals surface area contributed by atoms with Crippen molar-refractivity contribution in [1.82, 2.24) is 14.5 Å².